The largest absolute Gasteiger partial charge is 0.396 e. The van der Waals surface area contributed by atoms with Crippen LogP contribution in [0, 0.1) is 5.92 Å². The fourth-order valence-corrected chi connectivity index (χ4v) is 4.77. The Morgan fingerprint density at radius 2 is 2.05 bits per heavy atom. The summed E-state index contributed by atoms with van der Waals surface area (Å²) < 4.78 is 24.0. The number of carbonyl (C=O) groups is 1. The van der Waals surface area contributed by atoms with Crippen LogP contribution in [-0.2, 0) is 9.84 Å². The Morgan fingerprint density at radius 1 is 1.45 bits per heavy atom. The van der Waals surface area contributed by atoms with E-state index in [1.165, 1.54) is 0 Å². The van der Waals surface area contributed by atoms with Gasteiger partial charge in [0.1, 0.15) is 14.8 Å². The quantitative estimate of drug-likeness (QED) is 0.816. The van der Waals surface area contributed by atoms with Gasteiger partial charge in [0, 0.05) is 19.3 Å². The summed E-state index contributed by atoms with van der Waals surface area (Å²) in [4.78, 5) is 13.5. The highest BCUT2D eigenvalue weighted by atomic mass is 32.2. The van der Waals surface area contributed by atoms with Gasteiger partial charge < -0.3 is 16.4 Å². The van der Waals surface area contributed by atoms with E-state index in [4.69, 9.17) is 11.5 Å². The van der Waals surface area contributed by atoms with Crippen LogP contribution in [0.3, 0.4) is 0 Å². The van der Waals surface area contributed by atoms with E-state index in [9.17, 15) is 13.2 Å². The fourth-order valence-electron chi connectivity index (χ4n) is 2.13. The zero-order valence-electron chi connectivity index (χ0n) is 11.5. The highest BCUT2D eigenvalue weighted by Gasteiger charge is 2.31. The van der Waals surface area contributed by atoms with Crippen LogP contribution < -0.4 is 16.4 Å². The highest BCUT2D eigenvalue weighted by Crippen LogP contribution is 2.42. The first-order valence-corrected chi connectivity index (χ1v) is 9.13. The number of carbonyl (C=O) groups excluding carboxylic acids is 1. The molecular formula is C12H19N3O3S2. The van der Waals surface area contributed by atoms with Crippen LogP contribution in [0.25, 0.3) is 0 Å². The number of hydrogen-bond donors (Lipinski definition) is 2. The second-order valence-electron chi connectivity index (χ2n) is 5.10. The lowest BCUT2D eigenvalue weighted by molar-refractivity contribution is 0.100. The Labute approximate surface area is 122 Å². The molecule has 1 heterocycles. The lowest BCUT2D eigenvalue weighted by atomic mass is 10.3. The molecule has 0 bridgehead atoms. The number of sulfone groups is 1. The zero-order valence-corrected chi connectivity index (χ0v) is 13.2. The van der Waals surface area contributed by atoms with Crippen molar-refractivity contribution in [2.45, 2.75) is 24.7 Å². The summed E-state index contributed by atoms with van der Waals surface area (Å²) in [7, 11) is -3.51. The molecule has 4 N–H and O–H groups in total. The van der Waals surface area contributed by atoms with Crippen molar-refractivity contribution in [2.24, 2.45) is 11.7 Å². The number of nitrogens with zero attached hydrogens (tertiary/aromatic N) is 1. The van der Waals surface area contributed by atoms with Gasteiger partial charge in [-0.1, -0.05) is 0 Å². The molecule has 0 unspecified atom stereocenters. The van der Waals surface area contributed by atoms with Crippen LogP contribution in [-0.4, -0.2) is 33.7 Å². The molecule has 1 amide bonds. The number of anilines is 2. The topological polar surface area (TPSA) is 106 Å². The first-order chi connectivity index (χ1) is 9.25. The molecule has 0 radical (unpaired) electrons. The van der Waals surface area contributed by atoms with Crippen molar-refractivity contribution in [1.82, 2.24) is 0 Å². The van der Waals surface area contributed by atoms with Gasteiger partial charge >= 0.3 is 0 Å². The molecule has 1 aliphatic carbocycles. The van der Waals surface area contributed by atoms with Crippen molar-refractivity contribution >= 4 is 37.8 Å². The van der Waals surface area contributed by atoms with Crippen LogP contribution in [0.5, 0.6) is 0 Å². The van der Waals surface area contributed by atoms with Crippen LogP contribution in [0.4, 0.5) is 10.7 Å². The van der Waals surface area contributed by atoms with Crippen LogP contribution in [0.15, 0.2) is 4.90 Å². The molecule has 0 aromatic carbocycles. The lowest BCUT2D eigenvalue weighted by Gasteiger charge is -2.22. The molecule has 0 saturated heterocycles. The molecule has 0 atom stereocenters. The molecule has 0 aliphatic heterocycles. The molecule has 112 valence electrons. The minimum atomic E-state index is -3.51. The molecular weight excluding hydrogens is 298 g/mol. The van der Waals surface area contributed by atoms with E-state index in [0.29, 0.717) is 17.5 Å². The molecule has 6 nitrogen and oxygen atoms in total. The third-order valence-corrected chi connectivity index (χ3v) is 5.89. The first-order valence-electron chi connectivity index (χ1n) is 6.42. The summed E-state index contributed by atoms with van der Waals surface area (Å²) in [6, 6.07) is 0. The van der Waals surface area contributed by atoms with Gasteiger partial charge in [-0.05, 0) is 25.7 Å². The second kappa shape index (κ2) is 5.25. The SMILES string of the molecule is CCN(CC1CC1)c1sc(C(N)=O)c(N)c1S(C)(=O)=O. The molecule has 8 heteroatoms. The summed E-state index contributed by atoms with van der Waals surface area (Å²) in [5.74, 6) is -0.0890. The van der Waals surface area contributed by atoms with Gasteiger partial charge in [-0.25, -0.2) is 8.42 Å². The van der Waals surface area contributed by atoms with Gasteiger partial charge in [-0.2, -0.15) is 0 Å². The minimum Gasteiger partial charge on any atom is -0.396 e. The summed E-state index contributed by atoms with van der Waals surface area (Å²) in [5.41, 5.74) is 11.1. The Hall–Kier alpha value is -1.28. The predicted molar refractivity (Wildman–Crippen MR) is 81.0 cm³/mol. The number of hydrogen-bond acceptors (Lipinski definition) is 6. The number of primary amides is 1. The van der Waals surface area contributed by atoms with Gasteiger partial charge in [0.2, 0.25) is 0 Å². The van der Waals surface area contributed by atoms with E-state index < -0.39 is 15.7 Å². The lowest BCUT2D eigenvalue weighted by Crippen LogP contribution is -2.25. The van der Waals surface area contributed by atoms with Crippen molar-refractivity contribution in [3.8, 4) is 0 Å². The smallest absolute Gasteiger partial charge is 0.261 e. The van der Waals surface area contributed by atoms with Gasteiger partial charge in [0.25, 0.3) is 5.91 Å². The number of nitrogens with two attached hydrogens (primary N) is 2. The van der Waals surface area contributed by atoms with E-state index in [-0.39, 0.29) is 15.5 Å². The Balaban J connectivity index is 2.54. The molecule has 1 aliphatic rings. The summed E-state index contributed by atoms with van der Waals surface area (Å²) in [5, 5.41) is 0.535. The van der Waals surface area contributed by atoms with Gasteiger partial charge in [0.15, 0.2) is 9.84 Å². The van der Waals surface area contributed by atoms with Gasteiger partial charge in [-0.15, -0.1) is 11.3 Å². The zero-order chi connectivity index (χ0) is 15.1. The highest BCUT2D eigenvalue weighted by molar-refractivity contribution is 7.91. The fraction of sp³-hybridized carbons (Fsp3) is 0.583. The van der Waals surface area contributed by atoms with E-state index in [0.717, 1.165) is 37.0 Å². The van der Waals surface area contributed by atoms with E-state index in [1.807, 2.05) is 11.8 Å². The van der Waals surface area contributed by atoms with E-state index >= 15 is 0 Å². The number of rotatable bonds is 6. The molecule has 1 aromatic rings. The maximum Gasteiger partial charge on any atom is 0.261 e. The summed E-state index contributed by atoms with van der Waals surface area (Å²) >= 11 is 1.07. The molecule has 1 saturated carbocycles. The molecule has 1 fully saturated rings. The Morgan fingerprint density at radius 3 is 2.45 bits per heavy atom. The average Bonchev–Trinajstić information content (AvgIpc) is 3.06. The van der Waals surface area contributed by atoms with E-state index in [2.05, 4.69) is 0 Å². The maximum atomic E-state index is 12.0. The maximum absolute atomic E-state index is 12.0. The third kappa shape index (κ3) is 2.90. The second-order valence-corrected chi connectivity index (χ2v) is 8.05. The number of thiophene rings is 1. The van der Waals surface area contributed by atoms with Crippen LogP contribution >= 0.6 is 11.3 Å². The minimum absolute atomic E-state index is 0.0192. The molecule has 20 heavy (non-hydrogen) atoms. The Bertz CT molecular complexity index is 633. The van der Waals surface area contributed by atoms with Crippen molar-refractivity contribution in [2.75, 3.05) is 30.0 Å². The first kappa shape index (κ1) is 15.1. The van der Waals surface area contributed by atoms with Crippen molar-refractivity contribution < 1.29 is 13.2 Å². The van der Waals surface area contributed by atoms with Gasteiger partial charge in [0.05, 0.1) is 5.69 Å². The predicted octanol–water partition coefficient (Wildman–Crippen LogP) is 1.07. The third-order valence-electron chi connectivity index (χ3n) is 3.32. The normalized spacial score (nSPS) is 15.3. The van der Waals surface area contributed by atoms with Crippen molar-refractivity contribution in [3.05, 3.63) is 4.88 Å². The number of nitrogen functional groups attached to an aromatic ring is 1. The average molecular weight is 317 g/mol. The van der Waals surface area contributed by atoms with Crippen LogP contribution in [0.1, 0.15) is 29.4 Å². The summed E-state index contributed by atoms with van der Waals surface area (Å²) in [6.45, 7) is 3.41. The number of amides is 1. The molecule has 0 spiro atoms. The van der Waals surface area contributed by atoms with Gasteiger partial charge in [-0.3, -0.25) is 4.79 Å². The van der Waals surface area contributed by atoms with E-state index in [1.54, 1.807) is 0 Å². The van der Waals surface area contributed by atoms with Crippen molar-refractivity contribution in [1.29, 1.82) is 0 Å². The Kier molecular flexibility index (Phi) is 3.97. The monoisotopic (exact) mass is 317 g/mol. The summed E-state index contributed by atoms with van der Waals surface area (Å²) in [6.07, 6.45) is 3.42. The molecule has 2 rings (SSSR count). The van der Waals surface area contributed by atoms with Crippen LogP contribution in [0.2, 0.25) is 0 Å². The molecule has 1 aromatic heterocycles. The standard InChI is InChI=1S/C12H19N3O3S2/c1-3-15(6-7-4-5-7)12-10(20(2,17)18)8(13)9(19-12)11(14)16/h7H,3-6,13H2,1-2H3,(H2,14,16). The van der Waals surface area contributed by atoms with Crippen molar-refractivity contribution in [3.63, 3.8) is 0 Å².